The van der Waals surface area contributed by atoms with Crippen molar-refractivity contribution in [1.82, 2.24) is 9.72 Å². The number of hydrogen-bond donors (Lipinski definition) is 1. The van der Waals surface area contributed by atoms with Gasteiger partial charge in [-0.05, 0) is 26.8 Å². The molecule has 0 bridgehead atoms. The van der Waals surface area contributed by atoms with E-state index in [-0.39, 0.29) is 5.56 Å². The molecule has 0 atom stereocenters. The third-order valence-electron chi connectivity index (χ3n) is 2.51. The van der Waals surface area contributed by atoms with Gasteiger partial charge < -0.3 is 9.63 Å². The first kappa shape index (κ1) is 10.5. The first-order valence-electron chi connectivity index (χ1n) is 4.86. The summed E-state index contributed by atoms with van der Waals surface area (Å²) < 4.78 is 6.74. The molecule has 2 aromatic heterocycles. The van der Waals surface area contributed by atoms with Gasteiger partial charge in [0, 0.05) is 17.5 Å². The monoisotopic (exact) mass is 220 g/mol. The molecule has 0 aliphatic rings. The first-order chi connectivity index (χ1) is 7.50. The average Bonchev–Trinajstić information content (AvgIpc) is 2.71. The van der Waals surface area contributed by atoms with Crippen LogP contribution in [0.1, 0.15) is 27.5 Å². The second kappa shape index (κ2) is 3.52. The first-order valence-corrected chi connectivity index (χ1v) is 4.86. The van der Waals surface area contributed by atoms with E-state index in [4.69, 9.17) is 9.63 Å². The van der Waals surface area contributed by atoms with E-state index < -0.39 is 5.97 Å². The minimum atomic E-state index is -0.931. The number of carbonyl (C=O) groups is 1. The highest BCUT2D eigenvalue weighted by atomic mass is 16.5. The van der Waals surface area contributed by atoms with E-state index in [9.17, 15) is 4.79 Å². The zero-order valence-corrected chi connectivity index (χ0v) is 9.31. The van der Waals surface area contributed by atoms with E-state index in [1.54, 1.807) is 30.5 Å². The normalized spacial score (nSPS) is 10.7. The van der Waals surface area contributed by atoms with Crippen molar-refractivity contribution in [1.29, 1.82) is 0 Å². The summed E-state index contributed by atoms with van der Waals surface area (Å²) in [5, 5.41) is 12.9. The molecule has 84 valence electrons. The molecule has 0 aromatic carbocycles. The number of nitrogens with zero attached hydrogens (tertiary/aromatic N) is 2. The van der Waals surface area contributed by atoms with Crippen LogP contribution in [0.25, 0.3) is 5.82 Å². The van der Waals surface area contributed by atoms with Crippen molar-refractivity contribution in [2.45, 2.75) is 20.8 Å². The Bertz CT molecular complexity index is 552. The summed E-state index contributed by atoms with van der Waals surface area (Å²) in [4.78, 5) is 11.0. The molecule has 16 heavy (non-hydrogen) atoms. The highest BCUT2D eigenvalue weighted by molar-refractivity contribution is 5.89. The topological polar surface area (TPSA) is 68.3 Å². The van der Waals surface area contributed by atoms with Crippen molar-refractivity contribution in [3.63, 3.8) is 0 Å². The lowest BCUT2D eigenvalue weighted by Gasteiger charge is -2.03. The number of aromatic nitrogens is 2. The number of aryl methyl sites for hydroxylation is 2. The van der Waals surface area contributed by atoms with Crippen molar-refractivity contribution in [3.05, 3.63) is 34.8 Å². The van der Waals surface area contributed by atoms with Crippen molar-refractivity contribution >= 4 is 5.97 Å². The summed E-state index contributed by atoms with van der Waals surface area (Å²) in [6.07, 6.45) is 0. The summed E-state index contributed by atoms with van der Waals surface area (Å²) in [6.45, 7) is 5.38. The molecule has 5 nitrogen and oxygen atoms in total. The van der Waals surface area contributed by atoms with Crippen LogP contribution in [0, 0.1) is 20.8 Å². The zero-order valence-electron chi connectivity index (χ0n) is 9.31. The number of hydrogen-bond acceptors (Lipinski definition) is 3. The maximum absolute atomic E-state index is 11.0. The van der Waals surface area contributed by atoms with Crippen LogP contribution < -0.4 is 0 Å². The van der Waals surface area contributed by atoms with Crippen LogP contribution in [0.2, 0.25) is 0 Å². The average molecular weight is 220 g/mol. The second-order valence-electron chi connectivity index (χ2n) is 3.72. The highest BCUT2D eigenvalue weighted by Gasteiger charge is 2.17. The lowest BCUT2D eigenvalue weighted by atomic mass is 10.2. The van der Waals surface area contributed by atoms with Gasteiger partial charge in [0.05, 0.1) is 5.56 Å². The van der Waals surface area contributed by atoms with E-state index in [1.807, 2.05) is 6.92 Å². The number of carboxylic acids is 1. The fourth-order valence-corrected chi connectivity index (χ4v) is 1.79. The lowest BCUT2D eigenvalue weighted by molar-refractivity contribution is 0.0696. The number of rotatable bonds is 2. The van der Waals surface area contributed by atoms with Crippen LogP contribution in [0.4, 0.5) is 0 Å². The Morgan fingerprint density at radius 3 is 2.50 bits per heavy atom. The molecule has 0 amide bonds. The lowest BCUT2D eigenvalue weighted by Crippen LogP contribution is -2.02. The smallest absolute Gasteiger partial charge is 0.337 e. The van der Waals surface area contributed by atoms with Gasteiger partial charge in [0.25, 0.3) is 0 Å². The Morgan fingerprint density at radius 2 is 2.06 bits per heavy atom. The molecule has 1 N–H and O–H groups in total. The van der Waals surface area contributed by atoms with Gasteiger partial charge in [0.2, 0.25) is 0 Å². The second-order valence-corrected chi connectivity index (χ2v) is 3.72. The molecule has 0 spiro atoms. The Balaban J connectivity index is 2.61. The minimum absolute atomic E-state index is 0.290. The SMILES string of the molecule is Cc1cc(-n2c(C)cc(C(=O)O)c2C)no1. The molecule has 2 heterocycles. The van der Waals surface area contributed by atoms with E-state index in [1.165, 1.54) is 0 Å². The fourth-order valence-electron chi connectivity index (χ4n) is 1.79. The molecule has 0 aliphatic carbocycles. The Kier molecular flexibility index (Phi) is 2.30. The highest BCUT2D eigenvalue weighted by Crippen LogP contribution is 2.20. The third kappa shape index (κ3) is 1.50. The zero-order chi connectivity index (χ0) is 11.9. The van der Waals surface area contributed by atoms with Crippen LogP contribution in [-0.2, 0) is 0 Å². The predicted molar refractivity (Wildman–Crippen MR) is 57.0 cm³/mol. The number of aromatic carboxylic acids is 1. The quantitative estimate of drug-likeness (QED) is 0.841. The van der Waals surface area contributed by atoms with E-state index in [0.29, 0.717) is 17.3 Å². The minimum Gasteiger partial charge on any atom is -0.478 e. The molecular formula is C11H12N2O3. The van der Waals surface area contributed by atoms with E-state index in [2.05, 4.69) is 5.16 Å². The molecule has 0 saturated carbocycles. The molecular weight excluding hydrogens is 208 g/mol. The summed E-state index contributed by atoms with van der Waals surface area (Å²) in [6, 6.07) is 3.40. The van der Waals surface area contributed by atoms with Crippen LogP contribution in [0.15, 0.2) is 16.7 Å². The molecule has 0 unspecified atom stereocenters. The maximum atomic E-state index is 11.0. The van der Waals surface area contributed by atoms with Gasteiger partial charge in [-0.15, -0.1) is 0 Å². The molecule has 5 heteroatoms. The molecule has 0 saturated heterocycles. The van der Waals surface area contributed by atoms with Crippen LogP contribution >= 0.6 is 0 Å². The van der Waals surface area contributed by atoms with Gasteiger partial charge in [-0.1, -0.05) is 5.16 Å². The van der Waals surface area contributed by atoms with Crippen molar-refractivity contribution in [3.8, 4) is 5.82 Å². The van der Waals surface area contributed by atoms with Gasteiger partial charge >= 0.3 is 5.97 Å². The standard InChI is InChI=1S/C11H12N2O3/c1-6-4-9(11(14)15)8(3)13(6)10-5-7(2)16-12-10/h4-5H,1-3H3,(H,14,15). The number of carboxylic acid groups (broad SMARTS) is 1. The molecule has 0 fully saturated rings. The van der Waals surface area contributed by atoms with Gasteiger partial charge in [-0.2, -0.15) is 0 Å². The van der Waals surface area contributed by atoms with E-state index >= 15 is 0 Å². The molecule has 2 aromatic rings. The Morgan fingerprint density at radius 1 is 1.38 bits per heavy atom. The maximum Gasteiger partial charge on any atom is 0.337 e. The van der Waals surface area contributed by atoms with Crippen molar-refractivity contribution in [2.24, 2.45) is 0 Å². The van der Waals surface area contributed by atoms with Gasteiger partial charge in [-0.3, -0.25) is 4.57 Å². The molecule has 2 rings (SSSR count). The van der Waals surface area contributed by atoms with Gasteiger partial charge in [-0.25, -0.2) is 4.79 Å². The largest absolute Gasteiger partial charge is 0.478 e. The van der Waals surface area contributed by atoms with Crippen molar-refractivity contribution in [2.75, 3.05) is 0 Å². The molecule has 0 aliphatic heterocycles. The summed E-state index contributed by atoms with van der Waals surface area (Å²) in [7, 11) is 0. The van der Waals surface area contributed by atoms with Crippen LogP contribution in [-0.4, -0.2) is 20.8 Å². The fraction of sp³-hybridized carbons (Fsp3) is 0.273. The Hall–Kier alpha value is -2.04. The third-order valence-corrected chi connectivity index (χ3v) is 2.51. The predicted octanol–water partition coefficient (Wildman–Crippen LogP) is 2.09. The molecule has 0 radical (unpaired) electrons. The summed E-state index contributed by atoms with van der Waals surface area (Å²) in [5.41, 5.74) is 1.76. The van der Waals surface area contributed by atoms with E-state index in [0.717, 1.165) is 5.69 Å². The van der Waals surface area contributed by atoms with Crippen molar-refractivity contribution < 1.29 is 14.4 Å². The van der Waals surface area contributed by atoms with Gasteiger partial charge in [0.15, 0.2) is 5.82 Å². The van der Waals surface area contributed by atoms with Crippen LogP contribution in [0.3, 0.4) is 0 Å². The van der Waals surface area contributed by atoms with Gasteiger partial charge in [0.1, 0.15) is 5.76 Å². The summed E-state index contributed by atoms with van der Waals surface area (Å²) >= 11 is 0. The summed E-state index contributed by atoms with van der Waals surface area (Å²) in [5.74, 6) is 0.374. The van der Waals surface area contributed by atoms with Crippen LogP contribution in [0.5, 0.6) is 0 Å². The Labute approximate surface area is 92.3 Å².